The Kier molecular flexibility index (Phi) is 9.04. The van der Waals surface area contributed by atoms with Crippen molar-refractivity contribution >= 4 is 23.5 Å². The molecule has 7 nitrogen and oxygen atoms in total. The Bertz CT molecular complexity index is 1020. The molecule has 2 aromatic carbocycles. The van der Waals surface area contributed by atoms with Crippen LogP contribution < -0.4 is 14.8 Å². The van der Waals surface area contributed by atoms with Crippen molar-refractivity contribution in [2.75, 3.05) is 26.3 Å². The maximum Gasteiger partial charge on any atom is 0.221 e. The van der Waals surface area contributed by atoms with Gasteiger partial charge in [-0.3, -0.25) is 9.59 Å². The Labute approximate surface area is 188 Å². The average Bonchev–Trinajstić information content (AvgIpc) is 2.75. The van der Waals surface area contributed by atoms with E-state index >= 15 is 0 Å². The highest BCUT2D eigenvalue weighted by atomic mass is 16.7. The molecular weight excluding hydrogens is 410 g/mol. The second-order valence-electron chi connectivity index (χ2n) is 7.32. The zero-order chi connectivity index (χ0) is 23.7. The number of hydrogen-bond acceptors (Lipinski definition) is 6. The van der Waals surface area contributed by atoms with Crippen LogP contribution in [-0.2, 0) is 16.0 Å². The van der Waals surface area contributed by atoms with Crippen LogP contribution >= 0.6 is 0 Å². The summed E-state index contributed by atoms with van der Waals surface area (Å²) in [6, 6.07) is 8.48. The Hall–Kier alpha value is -3.58. The Balaban J connectivity index is 2.45. The van der Waals surface area contributed by atoms with Gasteiger partial charge in [-0.25, -0.2) is 0 Å². The number of phenolic OH excluding ortho intramolecular Hbond substituents is 1. The zero-order valence-corrected chi connectivity index (χ0v) is 19.0. The van der Waals surface area contributed by atoms with E-state index in [4.69, 9.17) is 14.2 Å². The number of anilines is 1. The van der Waals surface area contributed by atoms with Crippen LogP contribution in [-0.4, -0.2) is 37.8 Å². The minimum Gasteiger partial charge on any atom is -0.507 e. The highest BCUT2D eigenvalue weighted by Gasteiger charge is 2.23. The summed E-state index contributed by atoms with van der Waals surface area (Å²) < 4.78 is 16.1. The minimum absolute atomic E-state index is 0.0282. The van der Waals surface area contributed by atoms with E-state index in [2.05, 4.69) is 5.32 Å². The number of benzene rings is 2. The Morgan fingerprint density at radius 1 is 1.09 bits per heavy atom. The number of allylic oxidation sites excluding steroid dienone is 3. The Morgan fingerprint density at radius 2 is 1.78 bits per heavy atom. The third-order valence-electron chi connectivity index (χ3n) is 4.48. The first-order valence-corrected chi connectivity index (χ1v) is 10.0. The van der Waals surface area contributed by atoms with E-state index in [1.807, 2.05) is 19.9 Å². The maximum absolute atomic E-state index is 13.2. The molecule has 0 saturated carbocycles. The molecule has 0 fully saturated rings. The molecule has 2 aromatic rings. The van der Waals surface area contributed by atoms with Crippen molar-refractivity contribution in [2.45, 2.75) is 27.2 Å². The molecular formula is C25H29NO6. The van der Waals surface area contributed by atoms with Gasteiger partial charge in [0.25, 0.3) is 0 Å². The first-order valence-electron chi connectivity index (χ1n) is 10.0. The molecule has 2 rings (SSSR count). The van der Waals surface area contributed by atoms with Crippen LogP contribution in [0.25, 0.3) is 6.08 Å². The van der Waals surface area contributed by atoms with Crippen LogP contribution in [0.1, 0.15) is 42.3 Å². The number of carbonyl (C=O) groups excluding carboxylic acids is 2. The number of ketones is 1. The minimum atomic E-state index is -0.350. The molecule has 1 amide bonds. The van der Waals surface area contributed by atoms with E-state index in [0.29, 0.717) is 17.7 Å². The predicted molar refractivity (Wildman–Crippen MR) is 124 cm³/mol. The van der Waals surface area contributed by atoms with Gasteiger partial charge in [-0.2, -0.15) is 0 Å². The van der Waals surface area contributed by atoms with E-state index in [-0.39, 0.29) is 41.3 Å². The van der Waals surface area contributed by atoms with Crippen LogP contribution in [0.3, 0.4) is 0 Å². The van der Waals surface area contributed by atoms with Crippen molar-refractivity contribution in [1.82, 2.24) is 0 Å². The van der Waals surface area contributed by atoms with Crippen LogP contribution in [0.4, 0.5) is 5.69 Å². The molecule has 0 unspecified atom stereocenters. The van der Waals surface area contributed by atoms with E-state index in [1.54, 1.807) is 30.3 Å². The van der Waals surface area contributed by atoms with Gasteiger partial charge in [-0.05, 0) is 44.0 Å². The molecule has 170 valence electrons. The molecule has 0 aliphatic heterocycles. The average molecular weight is 440 g/mol. The van der Waals surface area contributed by atoms with Gasteiger partial charge in [0.05, 0.1) is 7.11 Å². The van der Waals surface area contributed by atoms with Gasteiger partial charge in [0.1, 0.15) is 22.8 Å². The fourth-order valence-electron chi connectivity index (χ4n) is 2.97. The summed E-state index contributed by atoms with van der Waals surface area (Å²) in [5, 5.41) is 13.2. The van der Waals surface area contributed by atoms with Crippen LogP contribution in [0.5, 0.6) is 17.2 Å². The maximum atomic E-state index is 13.2. The molecule has 0 radical (unpaired) electrons. The highest BCUT2D eigenvalue weighted by Crippen LogP contribution is 2.40. The Morgan fingerprint density at radius 3 is 2.34 bits per heavy atom. The number of hydrogen-bond donors (Lipinski definition) is 2. The second-order valence-corrected chi connectivity index (χ2v) is 7.32. The molecule has 32 heavy (non-hydrogen) atoms. The van der Waals surface area contributed by atoms with Gasteiger partial charge in [0, 0.05) is 31.4 Å². The quantitative estimate of drug-likeness (QED) is 0.240. The lowest BCUT2D eigenvalue weighted by Gasteiger charge is -2.18. The van der Waals surface area contributed by atoms with Crippen LogP contribution in [0.15, 0.2) is 48.1 Å². The summed E-state index contributed by atoms with van der Waals surface area (Å²) in [4.78, 5) is 24.3. The number of aromatic hydroxyl groups is 1. The number of nitrogens with one attached hydrogen (secondary N) is 1. The number of methoxy groups -OCH3 is 2. The predicted octanol–water partition coefficient (Wildman–Crippen LogP) is 4.75. The summed E-state index contributed by atoms with van der Waals surface area (Å²) >= 11 is 0. The van der Waals surface area contributed by atoms with Gasteiger partial charge in [-0.1, -0.05) is 29.9 Å². The number of rotatable bonds is 10. The number of ether oxygens (including phenoxy) is 3. The molecule has 0 bridgehead atoms. The van der Waals surface area contributed by atoms with Crippen molar-refractivity contribution in [3.05, 3.63) is 64.7 Å². The fourth-order valence-corrected chi connectivity index (χ4v) is 2.97. The summed E-state index contributed by atoms with van der Waals surface area (Å²) in [5.74, 6) is -0.116. The van der Waals surface area contributed by atoms with Gasteiger partial charge in [-0.15, -0.1) is 0 Å². The van der Waals surface area contributed by atoms with Gasteiger partial charge in [0.15, 0.2) is 12.6 Å². The first-order chi connectivity index (χ1) is 15.3. The van der Waals surface area contributed by atoms with Gasteiger partial charge in [0.2, 0.25) is 5.91 Å². The summed E-state index contributed by atoms with van der Waals surface area (Å²) in [7, 11) is 2.90. The standard InChI is InChI=1S/C25H29NO6/c1-16(2)6-12-20-22(29)14-23(31-5)24(25(20)32-15-30-4)21(28)13-9-18-7-10-19(11-8-18)26-17(3)27/h6-11,13-14,29H,12,15H2,1-5H3,(H,26,27)/b13-9+. The topological polar surface area (TPSA) is 94.1 Å². The first kappa shape index (κ1) is 24.7. The number of amides is 1. The fraction of sp³-hybridized carbons (Fsp3) is 0.280. The summed E-state index contributed by atoms with van der Waals surface area (Å²) in [5.41, 5.74) is 3.18. The molecule has 0 saturated heterocycles. The molecule has 0 aliphatic carbocycles. The summed E-state index contributed by atoms with van der Waals surface area (Å²) in [6.45, 7) is 5.24. The van der Waals surface area contributed by atoms with Crippen LogP contribution in [0.2, 0.25) is 0 Å². The molecule has 0 spiro atoms. The highest BCUT2D eigenvalue weighted by molar-refractivity contribution is 6.11. The normalized spacial score (nSPS) is 10.7. The largest absolute Gasteiger partial charge is 0.507 e. The van der Waals surface area contributed by atoms with Crippen molar-refractivity contribution in [3.8, 4) is 17.2 Å². The van der Waals surface area contributed by atoms with Crippen molar-refractivity contribution in [1.29, 1.82) is 0 Å². The number of phenols is 1. The van der Waals surface area contributed by atoms with Crippen molar-refractivity contribution in [2.24, 2.45) is 0 Å². The molecule has 0 heterocycles. The molecule has 0 atom stereocenters. The van der Waals surface area contributed by atoms with Crippen molar-refractivity contribution in [3.63, 3.8) is 0 Å². The van der Waals surface area contributed by atoms with Crippen LogP contribution in [0, 0.1) is 0 Å². The molecule has 2 N–H and O–H groups in total. The lowest BCUT2D eigenvalue weighted by atomic mass is 9.99. The molecule has 7 heteroatoms. The lowest BCUT2D eigenvalue weighted by Crippen LogP contribution is -2.09. The lowest BCUT2D eigenvalue weighted by molar-refractivity contribution is -0.114. The smallest absolute Gasteiger partial charge is 0.221 e. The molecule has 0 aliphatic rings. The van der Waals surface area contributed by atoms with E-state index in [1.165, 1.54) is 33.3 Å². The van der Waals surface area contributed by atoms with E-state index in [0.717, 1.165) is 11.1 Å². The molecule has 0 aromatic heterocycles. The SMILES string of the molecule is COCOc1c(CC=C(C)C)c(O)cc(OC)c1C(=O)/C=C/c1ccc(NC(C)=O)cc1. The third kappa shape index (κ3) is 6.72. The van der Waals surface area contributed by atoms with Crippen molar-refractivity contribution < 1.29 is 28.9 Å². The van der Waals surface area contributed by atoms with Gasteiger partial charge >= 0.3 is 0 Å². The second kappa shape index (κ2) is 11.7. The zero-order valence-electron chi connectivity index (χ0n) is 19.0. The summed E-state index contributed by atoms with van der Waals surface area (Å²) in [6.07, 6.45) is 5.38. The van der Waals surface area contributed by atoms with Gasteiger partial charge < -0.3 is 24.6 Å². The third-order valence-corrected chi connectivity index (χ3v) is 4.48. The van der Waals surface area contributed by atoms with E-state index in [9.17, 15) is 14.7 Å². The number of carbonyl (C=O) groups is 2. The van der Waals surface area contributed by atoms with E-state index < -0.39 is 0 Å². The monoisotopic (exact) mass is 439 g/mol.